The lowest BCUT2D eigenvalue weighted by atomic mass is 10.3. The third-order valence-corrected chi connectivity index (χ3v) is 3.30. The normalized spacial score (nSPS) is 11.1. The molecule has 2 aromatic rings. The van der Waals surface area contributed by atoms with Crippen LogP contribution in [0.15, 0.2) is 12.5 Å². The Balaban J connectivity index is 2.95. The van der Waals surface area contributed by atoms with E-state index in [1.54, 1.807) is 10.6 Å². The zero-order chi connectivity index (χ0) is 10.3. The van der Waals surface area contributed by atoms with E-state index in [2.05, 4.69) is 4.98 Å². The van der Waals surface area contributed by atoms with Gasteiger partial charge in [0.25, 0.3) is 0 Å². The van der Waals surface area contributed by atoms with Crippen LogP contribution in [0.5, 0.6) is 0 Å². The maximum atomic E-state index is 9.12. The Bertz CT molecular complexity index is 495. The van der Waals surface area contributed by atoms with Gasteiger partial charge in [0.2, 0.25) is 0 Å². The molecule has 0 saturated carbocycles. The van der Waals surface area contributed by atoms with Crippen molar-refractivity contribution in [3.8, 4) is 0 Å². The zero-order valence-electron chi connectivity index (χ0n) is 6.84. The molecule has 3 nitrogen and oxygen atoms in total. The minimum absolute atomic E-state index is 0.220. The van der Waals surface area contributed by atoms with E-state index in [-0.39, 0.29) is 16.7 Å². The minimum atomic E-state index is -0.220. The molecule has 0 amide bonds. The second kappa shape index (κ2) is 3.59. The van der Waals surface area contributed by atoms with Gasteiger partial charge in [0.1, 0.15) is 0 Å². The fourth-order valence-electron chi connectivity index (χ4n) is 1.26. The molecule has 14 heavy (non-hydrogen) atoms. The molecule has 1 N–H and O–H groups in total. The van der Waals surface area contributed by atoms with Gasteiger partial charge < -0.3 is 5.11 Å². The summed E-state index contributed by atoms with van der Waals surface area (Å²) >= 11 is 17.7. The highest BCUT2D eigenvalue weighted by Crippen LogP contribution is 2.35. The number of fused-ring (bicyclic) bond motifs is 1. The largest absolute Gasteiger partial charge is 0.390 e. The summed E-state index contributed by atoms with van der Waals surface area (Å²) in [5, 5.41) is 9.95. The average molecular weight is 252 g/mol. The summed E-state index contributed by atoms with van der Waals surface area (Å²) in [5.41, 5.74) is 1.11. The Kier molecular flexibility index (Phi) is 2.58. The van der Waals surface area contributed by atoms with Gasteiger partial charge >= 0.3 is 0 Å². The quantitative estimate of drug-likeness (QED) is 0.846. The number of aliphatic hydroxyl groups is 1. The molecule has 0 bridgehead atoms. The summed E-state index contributed by atoms with van der Waals surface area (Å²) in [6.07, 6.45) is 3.08. The van der Waals surface area contributed by atoms with Crippen molar-refractivity contribution >= 4 is 40.3 Å². The Labute approximate surface area is 94.8 Å². The standard InChI is InChI=1S/C8H5Cl3N2O/c9-6-4-1-12-3-13(4)5(2-14)7(10)8(6)11/h1,3,14H,2H2. The number of hydrogen-bond acceptors (Lipinski definition) is 2. The number of aliphatic hydroxyl groups excluding tert-OH is 1. The van der Waals surface area contributed by atoms with Gasteiger partial charge in [-0.05, 0) is 0 Å². The van der Waals surface area contributed by atoms with Crippen LogP contribution in [0.4, 0.5) is 0 Å². The number of hydrogen-bond donors (Lipinski definition) is 1. The molecule has 0 aliphatic heterocycles. The Hall–Kier alpha value is -0.480. The van der Waals surface area contributed by atoms with Gasteiger partial charge in [-0.2, -0.15) is 0 Å². The van der Waals surface area contributed by atoms with Crippen molar-refractivity contribution in [1.82, 2.24) is 9.38 Å². The van der Waals surface area contributed by atoms with Gasteiger partial charge in [-0.1, -0.05) is 34.8 Å². The van der Waals surface area contributed by atoms with E-state index >= 15 is 0 Å². The monoisotopic (exact) mass is 250 g/mol. The van der Waals surface area contributed by atoms with Crippen LogP contribution in [-0.4, -0.2) is 14.5 Å². The van der Waals surface area contributed by atoms with Gasteiger partial charge in [0.05, 0.1) is 45.4 Å². The highest BCUT2D eigenvalue weighted by molar-refractivity contribution is 6.49. The molecule has 0 fully saturated rings. The van der Waals surface area contributed by atoms with Crippen LogP contribution >= 0.6 is 34.8 Å². The first-order valence-corrected chi connectivity index (χ1v) is 4.88. The molecule has 0 radical (unpaired) electrons. The van der Waals surface area contributed by atoms with Crippen LogP contribution in [0, 0.1) is 0 Å². The van der Waals surface area contributed by atoms with E-state index in [0.29, 0.717) is 16.2 Å². The van der Waals surface area contributed by atoms with Crippen LogP contribution in [0.3, 0.4) is 0 Å². The lowest BCUT2D eigenvalue weighted by Crippen LogP contribution is -1.98. The minimum Gasteiger partial charge on any atom is -0.390 e. The highest BCUT2D eigenvalue weighted by atomic mass is 35.5. The third kappa shape index (κ3) is 1.28. The average Bonchev–Trinajstić information content (AvgIpc) is 2.64. The summed E-state index contributed by atoms with van der Waals surface area (Å²) in [6, 6.07) is 0. The molecule has 2 aromatic heterocycles. The molecule has 0 atom stereocenters. The van der Waals surface area contributed by atoms with Crippen molar-refractivity contribution < 1.29 is 5.11 Å². The van der Waals surface area contributed by atoms with Crippen molar-refractivity contribution in [3.63, 3.8) is 0 Å². The molecule has 74 valence electrons. The topological polar surface area (TPSA) is 37.5 Å². The summed E-state index contributed by atoms with van der Waals surface area (Å²) < 4.78 is 1.61. The van der Waals surface area contributed by atoms with E-state index in [1.807, 2.05) is 0 Å². The molecule has 0 saturated heterocycles. The molecule has 2 rings (SSSR count). The first kappa shape index (κ1) is 10.1. The Morgan fingerprint density at radius 2 is 1.93 bits per heavy atom. The SMILES string of the molecule is OCc1c(Cl)c(Cl)c(Cl)c2cncn12. The van der Waals surface area contributed by atoms with Crippen LogP contribution < -0.4 is 0 Å². The number of halogens is 3. The van der Waals surface area contributed by atoms with E-state index in [9.17, 15) is 0 Å². The van der Waals surface area contributed by atoms with Crippen molar-refractivity contribution in [1.29, 1.82) is 0 Å². The number of nitrogens with zero attached hydrogens (tertiary/aromatic N) is 2. The van der Waals surface area contributed by atoms with E-state index < -0.39 is 0 Å². The first-order valence-electron chi connectivity index (χ1n) is 3.75. The molecule has 0 aromatic carbocycles. The predicted octanol–water partition coefficient (Wildman–Crippen LogP) is 2.79. The summed E-state index contributed by atoms with van der Waals surface area (Å²) in [6.45, 7) is -0.220. The van der Waals surface area contributed by atoms with Crippen molar-refractivity contribution in [2.75, 3.05) is 0 Å². The van der Waals surface area contributed by atoms with E-state index in [1.165, 1.54) is 6.33 Å². The van der Waals surface area contributed by atoms with Crippen LogP contribution in [0.1, 0.15) is 5.69 Å². The summed E-state index contributed by atoms with van der Waals surface area (Å²) in [4.78, 5) is 3.90. The molecule has 6 heteroatoms. The number of aromatic nitrogens is 2. The molecule has 0 aliphatic carbocycles. The van der Waals surface area contributed by atoms with Crippen LogP contribution in [0.2, 0.25) is 15.1 Å². The lowest BCUT2D eigenvalue weighted by Gasteiger charge is -2.08. The maximum Gasteiger partial charge on any atom is 0.0996 e. The van der Waals surface area contributed by atoms with Crippen LogP contribution in [0.25, 0.3) is 5.52 Å². The Morgan fingerprint density at radius 1 is 1.21 bits per heavy atom. The maximum absolute atomic E-state index is 9.12. The van der Waals surface area contributed by atoms with E-state index in [0.717, 1.165) is 0 Å². The van der Waals surface area contributed by atoms with Crippen molar-refractivity contribution in [3.05, 3.63) is 33.3 Å². The predicted molar refractivity (Wildman–Crippen MR) is 56.1 cm³/mol. The molecule has 2 heterocycles. The third-order valence-electron chi connectivity index (χ3n) is 1.94. The molecule has 0 unspecified atom stereocenters. The van der Waals surface area contributed by atoms with Crippen LogP contribution in [-0.2, 0) is 6.61 Å². The zero-order valence-corrected chi connectivity index (χ0v) is 9.11. The lowest BCUT2D eigenvalue weighted by molar-refractivity contribution is 0.275. The number of rotatable bonds is 1. The number of imidazole rings is 1. The highest BCUT2D eigenvalue weighted by Gasteiger charge is 2.15. The first-order chi connectivity index (χ1) is 6.66. The summed E-state index contributed by atoms with van der Waals surface area (Å²) in [7, 11) is 0. The molecule has 0 aliphatic rings. The second-order valence-electron chi connectivity index (χ2n) is 2.70. The van der Waals surface area contributed by atoms with Gasteiger partial charge in [0.15, 0.2) is 0 Å². The smallest absolute Gasteiger partial charge is 0.0996 e. The fraction of sp³-hybridized carbons (Fsp3) is 0.125. The van der Waals surface area contributed by atoms with Crippen molar-refractivity contribution in [2.45, 2.75) is 6.61 Å². The molecular formula is C8H5Cl3N2O. The van der Waals surface area contributed by atoms with Gasteiger partial charge in [0, 0.05) is 0 Å². The van der Waals surface area contributed by atoms with Gasteiger partial charge in [-0.15, -0.1) is 0 Å². The second-order valence-corrected chi connectivity index (χ2v) is 3.83. The molecule has 0 spiro atoms. The Morgan fingerprint density at radius 3 is 2.57 bits per heavy atom. The summed E-state index contributed by atoms with van der Waals surface area (Å²) in [5.74, 6) is 0. The van der Waals surface area contributed by atoms with E-state index in [4.69, 9.17) is 39.9 Å². The van der Waals surface area contributed by atoms with Crippen molar-refractivity contribution in [2.24, 2.45) is 0 Å². The van der Waals surface area contributed by atoms with Gasteiger partial charge in [-0.25, -0.2) is 4.98 Å². The van der Waals surface area contributed by atoms with Gasteiger partial charge in [-0.3, -0.25) is 4.40 Å². The molecular weight excluding hydrogens is 246 g/mol. The number of pyridine rings is 1. The fourth-order valence-corrected chi connectivity index (χ4v) is 1.99.